The molecular formula is C28H31N3O4. The Balaban J connectivity index is 1.76. The first kappa shape index (κ1) is 23.0. The van der Waals surface area contributed by atoms with Crippen molar-refractivity contribution in [2.45, 2.75) is 39.7 Å². The van der Waals surface area contributed by atoms with Gasteiger partial charge < -0.3 is 19.4 Å². The molecule has 1 aromatic heterocycles. The van der Waals surface area contributed by atoms with Gasteiger partial charge in [0.2, 0.25) is 5.91 Å². The van der Waals surface area contributed by atoms with Crippen LogP contribution in [0, 0.1) is 5.92 Å². The Labute approximate surface area is 205 Å². The van der Waals surface area contributed by atoms with Crippen LogP contribution in [0.3, 0.4) is 0 Å². The molecule has 0 aliphatic carbocycles. The lowest BCUT2D eigenvalue weighted by Crippen LogP contribution is -2.33. The predicted molar refractivity (Wildman–Crippen MR) is 136 cm³/mol. The van der Waals surface area contributed by atoms with E-state index in [-0.39, 0.29) is 24.3 Å². The summed E-state index contributed by atoms with van der Waals surface area (Å²) in [4.78, 5) is 27.3. The van der Waals surface area contributed by atoms with E-state index in [0.717, 1.165) is 46.4 Å². The van der Waals surface area contributed by atoms with Crippen molar-refractivity contribution in [3.05, 3.63) is 65.0 Å². The summed E-state index contributed by atoms with van der Waals surface area (Å²) in [7, 11) is 3.21. The van der Waals surface area contributed by atoms with Gasteiger partial charge in [-0.05, 0) is 47.7 Å². The van der Waals surface area contributed by atoms with Gasteiger partial charge in [-0.2, -0.15) is 0 Å². The predicted octanol–water partition coefficient (Wildman–Crippen LogP) is 4.90. The number of nitrogens with one attached hydrogen (secondary N) is 1. The van der Waals surface area contributed by atoms with Crippen molar-refractivity contribution in [3.8, 4) is 11.5 Å². The van der Waals surface area contributed by atoms with Crippen LogP contribution in [0.1, 0.15) is 44.2 Å². The molecule has 0 saturated carbocycles. The number of benzene rings is 2. The number of ether oxygens (including phenoxy) is 2. The van der Waals surface area contributed by atoms with Crippen LogP contribution in [0.2, 0.25) is 0 Å². The average molecular weight is 474 g/mol. The number of nitrogens with zero attached hydrogens (tertiary/aromatic N) is 2. The Kier molecular flexibility index (Phi) is 5.79. The largest absolute Gasteiger partial charge is 0.493 e. The fourth-order valence-electron chi connectivity index (χ4n) is 5.24. The van der Waals surface area contributed by atoms with Crippen LogP contribution in [0.25, 0.3) is 10.9 Å². The van der Waals surface area contributed by atoms with Gasteiger partial charge in [0.05, 0.1) is 31.9 Å². The van der Waals surface area contributed by atoms with Gasteiger partial charge in [-0.15, -0.1) is 0 Å². The summed E-state index contributed by atoms with van der Waals surface area (Å²) in [6.07, 6.45) is 3.23. The molecule has 3 aromatic rings. The normalized spacial score (nSPS) is 17.0. The molecule has 2 aliphatic heterocycles. The van der Waals surface area contributed by atoms with Crippen molar-refractivity contribution in [1.29, 1.82) is 0 Å². The van der Waals surface area contributed by atoms with E-state index in [4.69, 9.17) is 9.47 Å². The highest BCUT2D eigenvalue weighted by Gasteiger charge is 2.41. The number of carbonyl (C=O) groups excluding carboxylic acids is 2. The molecular weight excluding hydrogens is 442 g/mol. The van der Waals surface area contributed by atoms with Crippen molar-refractivity contribution in [2.24, 2.45) is 5.92 Å². The third kappa shape index (κ3) is 3.75. The molecule has 0 bridgehead atoms. The Hall–Kier alpha value is -3.74. The fraction of sp³-hybridized carbons (Fsp3) is 0.357. The maximum atomic E-state index is 13.6. The number of hydrogen-bond donors (Lipinski definition) is 1. The van der Waals surface area contributed by atoms with E-state index >= 15 is 0 Å². The molecule has 2 aromatic carbocycles. The van der Waals surface area contributed by atoms with Gasteiger partial charge in [-0.1, -0.05) is 26.0 Å². The molecule has 7 nitrogen and oxygen atoms in total. The molecule has 182 valence electrons. The number of hydrogen-bond acceptors (Lipinski definition) is 5. The number of aryl methyl sites for hydroxylation is 1. The summed E-state index contributed by atoms with van der Waals surface area (Å²) >= 11 is 0. The van der Waals surface area contributed by atoms with Gasteiger partial charge in [-0.3, -0.25) is 14.5 Å². The lowest BCUT2D eigenvalue weighted by molar-refractivity contribution is -0.139. The van der Waals surface area contributed by atoms with Gasteiger partial charge >= 0.3 is 0 Å². The molecule has 0 fully saturated rings. The van der Waals surface area contributed by atoms with Crippen molar-refractivity contribution in [2.75, 3.05) is 26.1 Å². The van der Waals surface area contributed by atoms with Crippen LogP contribution in [0.5, 0.6) is 11.5 Å². The number of methoxy groups -OCH3 is 2. The van der Waals surface area contributed by atoms with Crippen LogP contribution >= 0.6 is 0 Å². The first-order valence-corrected chi connectivity index (χ1v) is 12.0. The van der Waals surface area contributed by atoms with Gasteiger partial charge in [-0.25, -0.2) is 0 Å². The number of rotatable bonds is 6. The van der Waals surface area contributed by atoms with Crippen molar-refractivity contribution in [3.63, 3.8) is 0 Å². The molecule has 7 heteroatoms. The number of aromatic nitrogens is 1. The second-order valence-electron chi connectivity index (χ2n) is 9.64. The number of anilines is 1. The topological polar surface area (TPSA) is 72.8 Å². The number of imide groups is 1. The summed E-state index contributed by atoms with van der Waals surface area (Å²) in [6, 6.07) is 12.0. The number of amides is 2. The molecule has 5 rings (SSSR count). The molecule has 1 atom stereocenters. The standard InChI is InChI=1S/C28H31N3O4/c1-16(2)11-12-30-14-19-25(18-9-10-23(34-4)24(13-18)35-5)27-21(15-31(17(3)32)28(27)33)29-20-7-6-8-22(30)26(19)20/h6-10,13-14,16,25,29H,11-12,15H2,1-5H3/t25-/m0/s1. The zero-order valence-corrected chi connectivity index (χ0v) is 20.8. The van der Waals surface area contributed by atoms with Crippen molar-refractivity contribution < 1.29 is 19.1 Å². The van der Waals surface area contributed by atoms with E-state index in [0.29, 0.717) is 23.0 Å². The summed E-state index contributed by atoms with van der Waals surface area (Å²) in [5, 5.41) is 4.63. The molecule has 0 spiro atoms. The van der Waals surface area contributed by atoms with Gasteiger partial charge in [0.15, 0.2) is 11.5 Å². The SMILES string of the molecule is COc1ccc([C@@H]2C3=C(CN(C(C)=O)C3=O)Nc3cccc4c3c2cn4CCC(C)C)cc1OC. The van der Waals surface area contributed by atoms with Crippen LogP contribution in [0.4, 0.5) is 5.69 Å². The van der Waals surface area contributed by atoms with Crippen LogP contribution < -0.4 is 14.8 Å². The van der Waals surface area contributed by atoms with E-state index in [1.165, 1.54) is 11.8 Å². The first-order chi connectivity index (χ1) is 16.8. The molecule has 0 saturated heterocycles. The monoisotopic (exact) mass is 473 g/mol. The van der Waals surface area contributed by atoms with Crippen LogP contribution in [-0.4, -0.2) is 42.0 Å². The van der Waals surface area contributed by atoms with Gasteiger partial charge in [0.25, 0.3) is 5.91 Å². The zero-order chi connectivity index (χ0) is 24.9. The molecule has 3 heterocycles. The molecule has 35 heavy (non-hydrogen) atoms. The lowest BCUT2D eigenvalue weighted by atomic mass is 9.84. The van der Waals surface area contributed by atoms with Gasteiger partial charge in [0.1, 0.15) is 0 Å². The molecule has 0 unspecified atom stereocenters. The smallest absolute Gasteiger partial charge is 0.259 e. The third-order valence-electron chi connectivity index (χ3n) is 7.01. The van der Waals surface area contributed by atoms with E-state index < -0.39 is 0 Å². The van der Waals surface area contributed by atoms with E-state index in [2.05, 4.69) is 36.0 Å². The van der Waals surface area contributed by atoms with Crippen molar-refractivity contribution >= 4 is 28.4 Å². The fourth-order valence-corrected chi connectivity index (χ4v) is 5.24. The Morgan fingerprint density at radius 2 is 1.91 bits per heavy atom. The first-order valence-electron chi connectivity index (χ1n) is 12.0. The minimum atomic E-state index is -0.361. The van der Waals surface area contributed by atoms with Crippen LogP contribution in [0.15, 0.2) is 53.9 Å². The summed E-state index contributed by atoms with van der Waals surface area (Å²) in [6.45, 7) is 7.00. The highest BCUT2D eigenvalue weighted by Crippen LogP contribution is 2.47. The maximum absolute atomic E-state index is 13.6. The molecule has 1 N–H and O–H groups in total. The Morgan fingerprint density at radius 3 is 2.60 bits per heavy atom. The lowest BCUT2D eigenvalue weighted by Gasteiger charge is -2.20. The summed E-state index contributed by atoms with van der Waals surface area (Å²) in [5.74, 6) is 0.920. The van der Waals surface area contributed by atoms with Gasteiger partial charge in [0, 0.05) is 42.4 Å². The minimum absolute atomic E-state index is 0.237. The zero-order valence-electron chi connectivity index (χ0n) is 20.8. The quantitative estimate of drug-likeness (QED) is 0.551. The van der Waals surface area contributed by atoms with E-state index in [9.17, 15) is 9.59 Å². The molecule has 0 radical (unpaired) electrons. The number of carbonyl (C=O) groups is 2. The maximum Gasteiger partial charge on any atom is 0.259 e. The van der Waals surface area contributed by atoms with Crippen molar-refractivity contribution in [1.82, 2.24) is 9.47 Å². The highest BCUT2D eigenvalue weighted by molar-refractivity contribution is 6.11. The van der Waals surface area contributed by atoms with Crippen LogP contribution in [-0.2, 0) is 16.1 Å². The Bertz CT molecular complexity index is 1370. The average Bonchev–Trinajstić information content (AvgIpc) is 3.32. The van der Waals surface area contributed by atoms with E-state index in [1.54, 1.807) is 14.2 Å². The summed E-state index contributed by atoms with van der Waals surface area (Å²) in [5.41, 5.74) is 5.41. The summed E-state index contributed by atoms with van der Waals surface area (Å²) < 4.78 is 13.3. The molecule has 2 amide bonds. The highest BCUT2D eigenvalue weighted by atomic mass is 16.5. The van der Waals surface area contributed by atoms with E-state index in [1.807, 2.05) is 30.3 Å². The third-order valence-corrected chi connectivity index (χ3v) is 7.01. The second-order valence-corrected chi connectivity index (χ2v) is 9.64. The molecule has 2 aliphatic rings. The minimum Gasteiger partial charge on any atom is -0.493 e. The second kappa shape index (κ2) is 8.80. The Morgan fingerprint density at radius 1 is 1.14 bits per heavy atom.